The van der Waals surface area contributed by atoms with Crippen LogP contribution >= 0.6 is 0 Å². The van der Waals surface area contributed by atoms with Crippen LogP contribution in [0.25, 0.3) is 0 Å². The van der Waals surface area contributed by atoms with E-state index in [9.17, 15) is 16.8 Å². The van der Waals surface area contributed by atoms with Gasteiger partial charge in [0.15, 0.2) is 0 Å². The van der Waals surface area contributed by atoms with Crippen LogP contribution in [0.1, 0.15) is 31.9 Å². The molecule has 0 heterocycles. The van der Waals surface area contributed by atoms with Gasteiger partial charge in [0, 0.05) is 5.54 Å². The molecule has 0 fully saturated rings. The lowest BCUT2D eigenvalue weighted by atomic mass is 10.1. The molecule has 26 heavy (non-hydrogen) atoms. The van der Waals surface area contributed by atoms with Gasteiger partial charge in [0.05, 0.1) is 15.5 Å². The molecule has 0 amide bonds. The summed E-state index contributed by atoms with van der Waals surface area (Å²) in [6.45, 7) is 8.80. The van der Waals surface area contributed by atoms with E-state index in [0.717, 1.165) is 5.56 Å². The first-order valence-corrected chi connectivity index (χ1v) is 11.0. The normalized spacial score (nSPS) is 12.8. The zero-order chi connectivity index (χ0) is 19.8. The largest absolute Gasteiger partial charge is 0.280 e. The molecule has 8 heteroatoms. The molecule has 0 unspecified atom stereocenters. The summed E-state index contributed by atoms with van der Waals surface area (Å²) in [4.78, 5) is 0.150. The summed E-state index contributed by atoms with van der Waals surface area (Å²) in [7, 11) is -7.58. The van der Waals surface area contributed by atoms with Crippen molar-refractivity contribution in [3.8, 4) is 0 Å². The van der Waals surface area contributed by atoms with E-state index in [1.54, 1.807) is 39.8 Å². The fourth-order valence-corrected chi connectivity index (χ4v) is 5.24. The van der Waals surface area contributed by atoms with E-state index >= 15 is 0 Å². The first kappa shape index (κ1) is 20.4. The van der Waals surface area contributed by atoms with Gasteiger partial charge < -0.3 is 0 Å². The highest BCUT2D eigenvalue weighted by atomic mass is 32.2. The Bertz CT molecular complexity index is 1020. The van der Waals surface area contributed by atoms with E-state index < -0.39 is 25.6 Å². The SMILES string of the molecule is Cc1ccc(S(=O)(=O)Nc2cccc(S(=O)(=O)NC(C)(C)C)c2)c(C)c1. The van der Waals surface area contributed by atoms with Crippen molar-refractivity contribution in [2.45, 2.75) is 49.9 Å². The fraction of sp³-hybridized carbons (Fsp3) is 0.333. The maximum atomic E-state index is 12.6. The maximum Gasteiger partial charge on any atom is 0.262 e. The Hall–Kier alpha value is -1.90. The number of nitrogens with one attached hydrogen (secondary N) is 2. The van der Waals surface area contributed by atoms with Crippen LogP contribution in [0.2, 0.25) is 0 Å². The molecule has 0 bridgehead atoms. The molecule has 0 radical (unpaired) electrons. The second-order valence-corrected chi connectivity index (χ2v) is 10.6. The van der Waals surface area contributed by atoms with Gasteiger partial charge in [-0.05, 0) is 64.4 Å². The van der Waals surface area contributed by atoms with Gasteiger partial charge in [0.1, 0.15) is 0 Å². The van der Waals surface area contributed by atoms with Crippen LogP contribution in [0, 0.1) is 13.8 Å². The summed E-state index contributed by atoms with van der Waals surface area (Å²) in [5, 5.41) is 0. The molecule has 142 valence electrons. The summed E-state index contributed by atoms with van der Waals surface area (Å²) in [5.74, 6) is 0. The molecule has 2 aromatic rings. The summed E-state index contributed by atoms with van der Waals surface area (Å²) in [6.07, 6.45) is 0. The van der Waals surface area contributed by atoms with Crippen LogP contribution in [0.5, 0.6) is 0 Å². The van der Waals surface area contributed by atoms with Crippen molar-refractivity contribution in [2.75, 3.05) is 4.72 Å². The third kappa shape index (κ3) is 5.06. The standard InChI is InChI=1S/C18H24N2O4S2/c1-13-9-10-17(14(2)11-13)26(23,24)19-15-7-6-8-16(12-15)25(21,22)20-18(3,4)5/h6-12,19-20H,1-5H3. The smallest absolute Gasteiger partial charge is 0.262 e. The number of benzene rings is 2. The molecular weight excluding hydrogens is 372 g/mol. The lowest BCUT2D eigenvalue weighted by Gasteiger charge is -2.20. The predicted octanol–water partition coefficient (Wildman–Crippen LogP) is 3.18. The second-order valence-electron chi connectivity index (χ2n) is 7.26. The van der Waals surface area contributed by atoms with Crippen LogP contribution in [0.4, 0.5) is 5.69 Å². The van der Waals surface area contributed by atoms with Crippen molar-refractivity contribution in [2.24, 2.45) is 0 Å². The number of aryl methyl sites for hydroxylation is 2. The van der Waals surface area contributed by atoms with Gasteiger partial charge in [0.2, 0.25) is 10.0 Å². The van der Waals surface area contributed by atoms with E-state index in [0.29, 0.717) is 5.56 Å². The molecule has 0 saturated heterocycles. The highest BCUT2D eigenvalue weighted by molar-refractivity contribution is 7.92. The Balaban J connectivity index is 2.36. The Kier molecular flexibility index (Phi) is 5.51. The Labute approximate surface area is 155 Å². The lowest BCUT2D eigenvalue weighted by molar-refractivity contribution is 0.491. The van der Waals surface area contributed by atoms with Gasteiger partial charge >= 0.3 is 0 Å². The second kappa shape index (κ2) is 7.02. The molecule has 2 rings (SSSR count). The van der Waals surface area contributed by atoms with Gasteiger partial charge in [-0.1, -0.05) is 23.8 Å². The molecule has 0 aliphatic heterocycles. The van der Waals surface area contributed by atoms with Crippen LogP contribution < -0.4 is 9.44 Å². The molecule has 0 spiro atoms. The van der Waals surface area contributed by atoms with Crippen molar-refractivity contribution < 1.29 is 16.8 Å². The summed E-state index contributed by atoms with van der Waals surface area (Å²) in [5.41, 5.74) is 1.12. The number of rotatable bonds is 5. The van der Waals surface area contributed by atoms with Crippen LogP contribution in [0.3, 0.4) is 0 Å². The van der Waals surface area contributed by atoms with Crippen molar-refractivity contribution in [1.29, 1.82) is 0 Å². The van der Waals surface area contributed by atoms with Gasteiger partial charge in [-0.25, -0.2) is 21.6 Å². The zero-order valence-electron chi connectivity index (χ0n) is 15.5. The van der Waals surface area contributed by atoms with E-state index in [-0.39, 0.29) is 15.5 Å². The average Bonchev–Trinajstić information content (AvgIpc) is 2.44. The molecule has 0 atom stereocenters. The molecule has 6 nitrogen and oxygen atoms in total. The van der Waals surface area contributed by atoms with E-state index in [1.165, 1.54) is 30.3 Å². The van der Waals surface area contributed by atoms with Crippen molar-refractivity contribution in [1.82, 2.24) is 4.72 Å². The minimum atomic E-state index is -3.82. The van der Waals surface area contributed by atoms with Gasteiger partial charge in [-0.3, -0.25) is 4.72 Å². The summed E-state index contributed by atoms with van der Waals surface area (Å²) < 4.78 is 55.2. The molecule has 2 N–H and O–H groups in total. The van der Waals surface area contributed by atoms with Crippen molar-refractivity contribution in [3.05, 3.63) is 53.6 Å². The quantitative estimate of drug-likeness (QED) is 0.812. The lowest BCUT2D eigenvalue weighted by Crippen LogP contribution is -2.40. The zero-order valence-corrected chi connectivity index (χ0v) is 17.1. The minimum absolute atomic E-state index is 0.00625. The van der Waals surface area contributed by atoms with Crippen LogP contribution in [-0.4, -0.2) is 22.4 Å². The average molecular weight is 397 g/mol. The van der Waals surface area contributed by atoms with Gasteiger partial charge in [0.25, 0.3) is 10.0 Å². The predicted molar refractivity (Wildman–Crippen MR) is 103 cm³/mol. The molecule has 2 aromatic carbocycles. The Morgan fingerprint density at radius 3 is 2.08 bits per heavy atom. The van der Waals surface area contributed by atoms with Crippen molar-refractivity contribution in [3.63, 3.8) is 0 Å². The Morgan fingerprint density at radius 2 is 1.50 bits per heavy atom. The highest BCUT2D eigenvalue weighted by Gasteiger charge is 2.23. The first-order valence-electron chi connectivity index (χ1n) is 8.04. The molecular formula is C18H24N2O4S2. The number of anilines is 1. The number of hydrogen-bond acceptors (Lipinski definition) is 4. The Morgan fingerprint density at radius 1 is 0.846 bits per heavy atom. The first-order chi connectivity index (χ1) is 11.8. The fourth-order valence-electron chi connectivity index (χ4n) is 2.50. The van der Waals surface area contributed by atoms with E-state index in [2.05, 4.69) is 9.44 Å². The number of sulfonamides is 2. The van der Waals surface area contributed by atoms with Crippen molar-refractivity contribution >= 4 is 25.7 Å². The van der Waals surface area contributed by atoms with E-state index in [1.807, 2.05) is 6.92 Å². The van der Waals surface area contributed by atoms with Gasteiger partial charge in [-0.15, -0.1) is 0 Å². The third-order valence-electron chi connectivity index (χ3n) is 3.46. The molecule has 0 aliphatic rings. The highest BCUT2D eigenvalue weighted by Crippen LogP contribution is 2.22. The topological polar surface area (TPSA) is 92.3 Å². The van der Waals surface area contributed by atoms with Crippen LogP contribution in [0.15, 0.2) is 52.3 Å². The molecule has 0 aromatic heterocycles. The molecule has 0 saturated carbocycles. The summed E-state index contributed by atoms with van der Waals surface area (Å²) >= 11 is 0. The maximum absolute atomic E-state index is 12.6. The minimum Gasteiger partial charge on any atom is -0.280 e. The van der Waals surface area contributed by atoms with Crippen LogP contribution in [-0.2, 0) is 20.0 Å². The van der Waals surface area contributed by atoms with E-state index in [4.69, 9.17) is 0 Å². The molecule has 0 aliphatic carbocycles. The monoisotopic (exact) mass is 396 g/mol. The van der Waals surface area contributed by atoms with Gasteiger partial charge in [-0.2, -0.15) is 0 Å². The number of hydrogen-bond donors (Lipinski definition) is 2. The summed E-state index contributed by atoms with van der Waals surface area (Å²) in [6, 6.07) is 10.8. The third-order valence-corrected chi connectivity index (χ3v) is 6.75.